The minimum atomic E-state index is 0.0995. The van der Waals surface area contributed by atoms with Gasteiger partial charge in [-0.3, -0.25) is 0 Å². The van der Waals surface area contributed by atoms with Crippen molar-refractivity contribution in [3.8, 4) is 0 Å². The van der Waals surface area contributed by atoms with Gasteiger partial charge >= 0.3 is 0 Å². The normalized spacial score (nSPS) is 33.3. The predicted molar refractivity (Wildman–Crippen MR) is 43.1 cm³/mol. The van der Waals surface area contributed by atoms with E-state index >= 15 is 0 Å². The van der Waals surface area contributed by atoms with Gasteiger partial charge in [-0.2, -0.15) is 0 Å². The Bertz CT molecular complexity index is 96.3. The van der Waals surface area contributed by atoms with Crippen molar-refractivity contribution in [2.24, 2.45) is 0 Å². The molecule has 0 aromatic rings. The molecule has 1 aliphatic rings. The largest absolute Gasteiger partial charge is 0.379 e. The molecule has 0 amide bonds. The zero-order valence-electron chi connectivity index (χ0n) is 7.17. The number of hydrogen-bond donors (Lipinski definition) is 1. The molecule has 0 aliphatic carbocycles. The summed E-state index contributed by atoms with van der Waals surface area (Å²) < 4.78 is 10.5. The summed E-state index contributed by atoms with van der Waals surface area (Å²) in [4.78, 5) is 0. The maximum atomic E-state index is 5.28. The van der Waals surface area contributed by atoms with Crippen LogP contribution in [0.3, 0.4) is 0 Å². The Balaban J connectivity index is 2.41. The Morgan fingerprint density at radius 1 is 1.36 bits per heavy atom. The van der Waals surface area contributed by atoms with E-state index in [9.17, 15) is 0 Å². The van der Waals surface area contributed by atoms with Crippen LogP contribution in [0.5, 0.6) is 0 Å². The van der Waals surface area contributed by atoms with Crippen LogP contribution < -0.4 is 5.32 Å². The molecule has 1 aliphatic heterocycles. The minimum absolute atomic E-state index is 0.0995. The maximum Gasteiger partial charge on any atom is 0.100 e. The van der Waals surface area contributed by atoms with E-state index < -0.39 is 0 Å². The summed E-state index contributed by atoms with van der Waals surface area (Å²) >= 11 is 0. The van der Waals surface area contributed by atoms with Crippen molar-refractivity contribution in [1.82, 2.24) is 5.32 Å². The molecule has 11 heavy (non-hydrogen) atoms. The average Bonchev–Trinajstić information content (AvgIpc) is 2.27. The first-order valence-corrected chi connectivity index (χ1v) is 4.01. The van der Waals surface area contributed by atoms with Gasteiger partial charge in [0, 0.05) is 14.2 Å². The molecule has 1 fully saturated rings. The van der Waals surface area contributed by atoms with Crippen LogP contribution in [0.25, 0.3) is 0 Å². The molecule has 1 saturated heterocycles. The lowest BCUT2D eigenvalue weighted by Crippen LogP contribution is -2.31. The number of rotatable bonds is 2. The molecule has 1 rings (SSSR count). The lowest BCUT2D eigenvalue weighted by Gasteiger charge is -2.21. The van der Waals surface area contributed by atoms with E-state index in [4.69, 9.17) is 9.47 Å². The molecule has 2 atom stereocenters. The molecule has 3 nitrogen and oxygen atoms in total. The van der Waals surface area contributed by atoms with Gasteiger partial charge in [0.1, 0.15) is 6.10 Å². The molecule has 0 spiro atoms. The molecule has 0 bridgehead atoms. The van der Waals surface area contributed by atoms with E-state index in [0.29, 0.717) is 0 Å². The standard InChI is InChI=1S/C8H16NO2/c1-10-7-4-3-5-9-6-8(7)11-2/h6-9H,3-5H2,1-2H3. The van der Waals surface area contributed by atoms with E-state index in [0.717, 1.165) is 19.4 Å². The fourth-order valence-corrected chi connectivity index (χ4v) is 1.35. The summed E-state index contributed by atoms with van der Waals surface area (Å²) in [6, 6.07) is 0. The van der Waals surface area contributed by atoms with Crippen LogP contribution in [0.1, 0.15) is 12.8 Å². The number of ether oxygens (including phenoxy) is 2. The molecule has 65 valence electrons. The molecule has 3 heteroatoms. The fraction of sp³-hybridized carbons (Fsp3) is 0.875. The third-order valence-electron chi connectivity index (χ3n) is 2.03. The third-order valence-corrected chi connectivity index (χ3v) is 2.03. The summed E-state index contributed by atoms with van der Waals surface area (Å²) in [5.41, 5.74) is 0. The van der Waals surface area contributed by atoms with E-state index in [1.54, 1.807) is 14.2 Å². The van der Waals surface area contributed by atoms with Gasteiger partial charge in [-0.15, -0.1) is 0 Å². The number of hydrogen-bond acceptors (Lipinski definition) is 3. The summed E-state index contributed by atoms with van der Waals surface area (Å²) in [5, 5.41) is 3.18. The summed E-state index contributed by atoms with van der Waals surface area (Å²) in [6.07, 6.45) is 2.53. The average molecular weight is 158 g/mol. The second-order valence-corrected chi connectivity index (χ2v) is 2.74. The molecule has 0 aromatic heterocycles. The second-order valence-electron chi connectivity index (χ2n) is 2.74. The predicted octanol–water partition coefficient (Wildman–Crippen LogP) is 0.562. The molecule has 1 N–H and O–H groups in total. The van der Waals surface area contributed by atoms with Crippen LogP contribution in [0.2, 0.25) is 0 Å². The highest BCUT2D eigenvalue weighted by Gasteiger charge is 2.22. The van der Waals surface area contributed by atoms with Crippen molar-refractivity contribution in [2.45, 2.75) is 25.0 Å². The van der Waals surface area contributed by atoms with E-state index in [1.807, 2.05) is 6.54 Å². The molecule has 0 saturated carbocycles. The fourth-order valence-electron chi connectivity index (χ4n) is 1.35. The number of methoxy groups -OCH3 is 2. The maximum absolute atomic E-state index is 5.28. The molecule has 1 radical (unpaired) electrons. The van der Waals surface area contributed by atoms with Crippen molar-refractivity contribution in [3.63, 3.8) is 0 Å². The van der Waals surface area contributed by atoms with Gasteiger partial charge in [-0.25, -0.2) is 0 Å². The zero-order valence-corrected chi connectivity index (χ0v) is 7.17. The summed E-state index contributed by atoms with van der Waals surface area (Å²) in [6.45, 7) is 3.00. The molecule has 0 aromatic carbocycles. The van der Waals surface area contributed by atoms with E-state index in [1.165, 1.54) is 0 Å². The SMILES string of the molecule is COC1[CH]NCCCC1OC. The molecule has 2 unspecified atom stereocenters. The van der Waals surface area contributed by atoms with Crippen molar-refractivity contribution in [2.75, 3.05) is 20.8 Å². The van der Waals surface area contributed by atoms with Crippen molar-refractivity contribution < 1.29 is 9.47 Å². The Morgan fingerprint density at radius 2 is 2.18 bits per heavy atom. The first kappa shape index (κ1) is 8.97. The van der Waals surface area contributed by atoms with Crippen LogP contribution in [0.15, 0.2) is 0 Å². The van der Waals surface area contributed by atoms with Crippen LogP contribution >= 0.6 is 0 Å². The first-order valence-electron chi connectivity index (χ1n) is 4.01. The zero-order chi connectivity index (χ0) is 8.10. The minimum Gasteiger partial charge on any atom is -0.379 e. The molecular weight excluding hydrogens is 142 g/mol. The van der Waals surface area contributed by atoms with Crippen molar-refractivity contribution in [3.05, 3.63) is 6.54 Å². The molecule has 1 heterocycles. The van der Waals surface area contributed by atoms with Gasteiger partial charge in [-0.1, -0.05) is 0 Å². The van der Waals surface area contributed by atoms with Gasteiger partial charge in [0.25, 0.3) is 0 Å². The first-order chi connectivity index (χ1) is 5.38. The molecular formula is C8H16NO2. The van der Waals surface area contributed by atoms with Gasteiger partial charge < -0.3 is 14.8 Å². The Hall–Kier alpha value is -0.120. The van der Waals surface area contributed by atoms with Crippen LogP contribution in [0, 0.1) is 6.54 Å². The van der Waals surface area contributed by atoms with Crippen molar-refractivity contribution >= 4 is 0 Å². The Kier molecular flexibility index (Phi) is 3.83. The lowest BCUT2D eigenvalue weighted by molar-refractivity contribution is -0.0215. The third kappa shape index (κ3) is 2.43. The van der Waals surface area contributed by atoms with Gasteiger partial charge in [0.15, 0.2) is 0 Å². The quantitative estimate of drug-likeness (QED) is 0.637. The van der Waals surface area contributed by atoms with Gasteiger partial charge in [0.2, 0.25) is 0 Å². The summed E-state index contributed by atoms with van der Waals surface area (Å²) in [5.74, 6) is 0. The highest BCUT2D eigenvalue weighted by Crippen LogP contribution is 2.13. The smallest absolute Gasteiger partial charge is 0.100 e. The van der Waals surface area contributed by atoms with Crippen LogP contribution in [-0.4, -0.2) is 33.0 Å². The van der Waals surface area contributed by atoms with Crippen LogP contribution in [0.4, 0.5) is 0 Å². The highest BCUT2D eigenvalue weighted by molar-refractivity contribution is 4.85. The lowest BCUT2D eigenvalue weighted by atomic mass is 10.1. The van der Waals surface area contributed by atoms with Gasteiger partial charge in [0.05, 0.1) is 12.6 Å². The van der Waals surface area contributed by atoms with E-state index in [2.05, 4.69) is 5.32 Å². The summed E-state index contributed by atoms with van der Waals surface area (Å²) in [7, 11) is 3.44. The Morgan fingerprint density at radius 3 is 2.82 bits per heavy atom. The van der Waals surface area contributed by atoms with E-state index in [-0.39, 0.29) is 12.2 Å². The van der Waals surface area contributed by atoms with Gasteiger partial charge in [-0.05, 0) is 19.4 Å². The highest BCUT2D eigenvalue weighted by atomic mass is 16.5. The topological polar surface area (TPSA) is 30.5 Å². The second kappa shape index (κ2) is 4.70. The Labute approximate surface area is 68.1 Å². The van der Waals surface area contributed by atoms with Crippen molar-refractivity contribution in [1.29, 1.82) is 0 Å². The number of nitrogens with one attached hydrogen (secondary N) is 1. The monoisotopic (exact) mass is 158 g/mol. The van der Waals surface area contributed by atoms with Crippen LogP contribution in [-0.2, 0) is 9.47 Å².